The second-order valence-electron chi connectivity index (χ2n) is 3.88. The molecule has 1 saturated carbocycles. The van der Waals surface area contributed by atoms with Crippen molar-refractivity contribution in [3.05, 3.63) is 12.2 Å². The van der Waals surface area contributed by atoms with Crippen LogP contribution in [0.15, 0.2) is 12.2 Å². The van der Waals surface area contributed by atoms with Crippen LogP contribution in [0.1, 0.15) is 19.3 Å². The third kappa shape index (κ3) is 1.39. The second kappa shape index (κ2) is 2.98. The normalized spacial score (nSPS) is 37.5. The number of ketones is 1. The van der Waals surface area contributed by atoms with Crippen molar-refractivity contribution in [1.29, 1.82) is 0 Å². The predicted molar refractivity (Wildman–Crippen MR) is 46.1 cm³/mol. The van der Waals surface area contributed by atoms with Crippen LogP contribution in [0, 0.1) is 17.8 Å². The molecule has 13 heavy (non-hydrogen) atoms. The number of hydrogen-bond acceptors (Lipinski definition) is 2. The highest BCUT2D eigenvalue weighted by molar-refractivity contribution is 5.88. The van der Waals surface area contributed by atoms with Gasteiger partial charge >= 0.3 is 5.97 Å². The minimum absolute atomic E-state index is 0.0233. The van der Waals surface area contributed by atoms with Gasteiger partial charge in [0, 0.05) is 11.8 Å². The number of rotatable bonds is 1. The number of allylic oxidation sites excluding steroid dienone is 2. The van der Waals surface area contributed by atoms with Gasteiger partial charge in [0.25, 0.3) is 0 Å². The summed E-state index contributed by atoms with van der Waals surface area (Å²) in [4.78, 5) is 22.3. The summed E-state index contributed by atoms with van der Waals surface area (Å²) in [5.41, 5.74) is 0. The van der Waals surface area contributed by atoms with E-state index in [4.69, 9.17) is 5.11 Å². The lowest BCUT2D eigenvalue weighted by Gasteiger charge is -2.32. The molecule has 3 atom stereocenters. The summed E-state index contributed by atoms with van der Waals surface area (Å²) in [6, 6.07) is 0. The number of carbonyl (C=O) groups excluding carboxylic acids is 1. The van der Waals surface area contributed by atoms with Crippen molar-refractivity contribution in [2.75, 3.05) is 0 Å². The van der Waals surface area contributed by atoms with Gasteiger partial charge in [-0.3, -0.25) is 9.59 Å². The largest absolute Gasteiger partial charge is 0.481 e. The van der Waals surface area contributed by atoms with Crippen LogP contribution in [0.2, 0.25) is 0 Å². The maximum atomic E-state index is 11.5. The highest BCUT2D eigenvalue weighted by Crippen LogP contribution is 2.36. The van der Waals surface area contributed by atoms with Crippen molar-refractivity contribution in [1.82, 2.24) is 0 Å². The van der Waals surface area contributed by atoms with E-state index in [0.717, 1.165) is 6.42 Å². The lowest BCUT2D eigenvalue weighted by atomic mass is 9.70. The minimum Gasteiger partial charge on any atom is -0.481 e. The summed E-state index contributed by atoms with van der Waals surface area (Å²) in [5.74, 6) is -0.950. The fourth-order valence-electron chi connectivity index (χ4n) is 2.28. The predicted octanol–water partition coefficient (Wildman–Crippen LogP) is 1.24. The Labute approximate surface area is 76.4 Å². The van der Waals surface area contributed by atoms with Gasteiger partial charge in [-0.05, 0) is 19.3 Å². The number of aliphatic carboxylic acids is 1. The SMILES string of the molecule is O=C(O)[C@@H]1C[C@H]2CC=C[C@H](C1)C2=O. The Balaban J connectivity index is 2.18. The lowest BCUT2D eigenvalue weighted by molar-refractivity contribution is -0.145. The number of carboxylic acids is 1. The first-order chi connectivity index (χ1) is 6.18. The van der Waals surface area contributed by atoms with E-state index >= 15 is 0 Å². The molecule has 1 N–H and O–H groups in total. The Hall–Kier alpha value is -1.12. The molecule has 0 saturated heterocycles. The molecule has 0 aromatic rings. The zero-order chi connectivity index (χ0) is 9.42. The molecule has 2 rings (SSSR count). The third-order valence-corrected chi connectivity index (χ3v) is 3.01. The molecule has 0 amide bonds. The molecule has 0 unspecified atom stereocenters. The van der Waals surface area contributed by atoms with Crippen LogP contribution in [-0.4, -0.2) is 16.9 Å². The van der Waals surface area contributed by atoms with Gasteiger partial charge in [-0.15, -0.1) is 0 Å². The standard InChI is InChI=1S/C10H12O3/c11-9-6-2-1-3-7(9)5-8(4-6)10(12)13/h1-2,6-8H,3-5H2,(H,12,13)/t6-,7-,8+/m1/s1. The maximum Gasteiger partial charge on any atom is 0.306 e. The highest BCUT2D eigenvalue weighted by atomic mass is 16.4. The smallest absolute Gasteiger partial charge is 0.306 e. The van der Waals surface area contributed by atoms with E-state index in [2.05, 4.69) is 0 Å². The van der Waals surface area contributed by atoms with Gasteiger partial charge in [0.15, 0.2) is 0 Å². The van der Waals surface area contributed by atoms with Crippen LogP contribution in [0.4, 0.5) is 0 Å². The van der Waals surface area contributed by atoms with Gasteiger partial charge in [-0.1, -0.05) is 12.2 Å². The van der Waals surface area contributed by atoms with Gasteiger partial charge in [-0.2, -0.15) is 0 Å². The number of Topliss-reactive ketones (excluding diaryl/α,β-unsaturated/α-hetero) is 1. The third-order valence-electron chi connectivity index (χ3n) is 3.01. The number of carboxylic acid groups (broad SMARTS) is 1. The molecule has 2 aliphatic carbocycles. The van der Waals surface area contributed by atoms with E-state index in [0.29, 0.717) is 12.8 Å². The average molecular weight is 180 g/mol. The van der Waals surface area contributed by atoms with E-state index in [1.807, 2.05) is 12.2 Å². The highest BCUT2D eigenvalue weighted by Gasteiger charge is 2.39. The molecular weight excluding hydrogens is 168 g/mol. The number of carbonyl (C=O) groups is 2. The minimum atomic E-state index is -0.752. The van der Waals surface area contributed by atoms with Crippen molar-refractivity contribution >= 4 is 11.8 Å². The summed E-state index contributed by atoms with van der Waals surface area (Å²) < 4.78 is 0. The lowest BCUT2D eigenvalue weighted by Crippen LogP contribution is -2.36. The van der Waals surface area contributed by atoms with Crippen LogP contribution in [0.25, 0.3) is 0 Å². The van der Waals surface area contributed by atoms with Crippen LogP contribution >= 0.6 is 0 Å². The van der Waals surface area contributed by atoms with Gasteiger partial charge in [0.05, 0.1) is 5.92 Å². The van der Waals surface area contributed by atoms with E-state index in [1.54, 1.807) is 0 Å². The summed E-state index contributed by atoms with van der Waals surface area (Å²) in [6.07, 6.45) is 5.65. The van der Waals surface area contributed by atoms with Gasteiger partial charge in [0.1, 0.15) is 5.78 Å². The molecule has 0 radical (unpaired) electrons. The van der Waals surface area contributed by atoms with Crippen molar-refractivity contribution in [3.8, 4) is 0 Å². The molecule has 0 aliphatic heterocycles. The Morgan fingerprint density at radius 1 is 1.46 bits per heavy atom. The van der Waals surface area contributed by atoms with Crippen molar-refractivity contribution in [2.45, 2.75) is 19.3 Å². The van der Waals surface area contributed by atoms with Crippen molar-refractivity contribution in [3.63, 3.8) is 0 Å². The fraction of sp³-hybridized carbons (Fsp3) is 0.600. The zero-order valence-electron chi connectivity index (χ0n) is 7.27. The molecule has 70 valence electrons. The maximum absolute atomic E-state index is 11.5. The molecule has 2 bridgehead atoms. The van der Waals surface area contributed by atoms with Crippen LogP contribution in [-0.2, 0) is 9.59 Å². The molecule has 0 spiro atoms. The first kappa shape index (κ1) is 8.48. The number of hydrogen-bond donors (Lipinski definition) is 1. The van der Waals surface area contributed by atoms with E-state index in [1.165, 1.54) is 0 Å². The number of fused-ring (bicyclic) bond motifs is 2. The summed E-state index contributed by atoms with van der Waals surface area (Å²) in [7, 11) is 0. The Bertz CT molecular complexity index is 280. The summed E-state index contributed by atoms with van der Waals surface area (Å²) in [5, 5.41) is 8.84. The molecule has 3 nitrogen and oxygen atoms in total. The monoisotopic (exact) mass is 180 g/mol. The van der Waals surface area contributed by atoms with Gasteiger partial charge < -0.3 is 5.11 Å². The van der Waals surface area contributed by atoms with Crippen LogP contribution in [0.5, 0.6) is 0 Å². The van der Waals surface area contributed by atoms with E-state index in [-0.39, 0.29) is 23.5 Å². The Morgan fingerprint density at radius 3 is 2.85 bits per heavy atom. The fourth-order valence-corrected chi connectivity index (χ4v) is 2.28. The Morgan fingerprint density at radius 2 is 2.23 bits per heavy atom. The van der Waals surface area contributed by atoms with Crippen molar-refractivity contribution < 1.29 is 14.7 Å². The average Bonchev–Trinajstić information content (AvgIpc) is 2.02. The summed E-state index contributed by atoms with van der Waals surface area (Å²) >= 11 is 0. The zero-order valence-corrected chi connectivity index (χ0v) is 7.27. The molecule has 0 heterocycles. The Kier molecular flexibility index (Phi) is 1.94. The molecular formula is C10H12O3. The van der Waals surface area contributed by atoms with Crippen molar-refractivity contribution in [2.24, 2.45) is 17.8 Å². The van der Waals surface area contributed by atoms with E-state index in [9.17, 15) is 9.59 Å². The van der Waals surface area contributed by atoms with Gasteiger partial charge in [0.2, 0.25) is 0 Å². The van der Waals surface area contributed by atoms with Gasteiger partial charge in [-0.25, -0.2) is 0 Å². The summed E-state index contributed by atoms with van der Waals surface area (Å²) in [6.45, 7) is 0. The molecule has 3 heteroatoms. The quantitative estimate of drug-likeness (QED) is 0.618. The topological polar surface area (TPSA) is 54.4 Å². The van der Waals surface area contributed by atoms with Crippen LogP contribution < -0.4 is 0 Å². The molecule has 1 fully saturated rings. The van der Waals surface area contributed by atoms with E-state index < -0.39 is 5.97 Å². The van der Waals surface area contributed by atoms with Crippen LogP contribution in [0.3, 0.4) is 0 Å². The molecule has 0 aromatic carbocycles. The first-order valence-corrected chi connectivity index (χ1v) is 4.61. The molecule has 2 aliphatic rings. The first-order valence-electron chi connectivity index (χ1n) is 4.61. The second-order valence-corrected chi connectivity index (χ2v) is 3.88. The molecule has 0 aromatic heterocycles.